The molecule has 0 aliphatic carbocycles. The molecular formula is C19H20BrN7. The Morgan fingerprint density at radius 1 is 0.815 bits per heavy atom. The van der Waals surface area contributed by atoms with Crippen LogP contribution in [-0.4, -0.2) is 41.1 Å². The summed E-state index contributed by atoms with van der Waals surface area (Å²) in [5.41, 5.74) is 1.84. The van der Waals surface area contributed by atoms with E-state index in [1.807, 2.05) is 54.6 Å². The van der Waals surface area contributed by atoms with Gasteiger partial charge in [0.15, 0.2) is 0 Å². The second-order valence-corrected chi connectivity index (χ2v) is 6.97. The average Bonchev–Trinajstić information content (AvgIpc) is 2.71. The van der Waals surface area contributed by atoms with Crippen LogP contribution in [0.1, 0.15) is 0 Å². The van der Waals surface area contributed by atoms with Gasteiger partial charge in [-0.1, -0.05) is 30.3 Å². The van der Waals surface area contributed by atoms with E-state index in [0.717, 1.165) is 42.0 Å². The Hall–Kier alpha value is -2.71. The summed E-state index contributed by atoms with van der Waals surface area (Å²) in [5, 5.41) is 9.90. The second kappa shape index (κ2) is 8.32. The molecular weight excluding hydrogens is 406 g/mol. The SMILES string of the molecule is Brc1ccccc1Nc1nc(Nc2ccccc2)nc(N2CCNCC2)n1. The highest BCUT2D eigenvalue weighted by Crippen LogP contribution is 2.25. The second-order valence-electron chi connectivity index (χ2n) is 6.12. The fourth-order valence-electron chi connectivity index (χ4n) is 2.82. The Morgan fingerprint density at radius 2 is 1.48 bits per heavy atom. The number of aromatic nitrogens is 3. The molecule has 4 rings (SSSR count). The van der Waals surface area contributed by atoms with Crippen LogP contribution in [0.3, 0.4) is 0 Å². The highest BCUT2D eigenvalue weighted by molar-refractivity contribution is 9.10. The molecule has 1 fully saturated rings. The minimum atomic E-state index is 0.504. The molecule has 0 radical (unpaired) electrons. The molecule has 0 bridgehead atoms. The maximum Gasteiger partial charge on any atom is 0.233 e. The molecule has 7 nitrogen and oxygen atoms in total. The summed E-state index contributed by atoms with van der Waals surface area (Å²) in [6, 6.07) is 17.8. The molecule has 0 atom stereocenters. The van der Waals surface area contributed by atoms with E-state index in [0.29, 0.717) is 17.8 Å². The molecule has 138 valence electrons. The Balaban J connectivity index is 1.66. The first kappa shape index (κ1) is 17.7. The smallest absolute Gasteiger partial charge is 0.233 e. The number of halogens is 1. The summed E-state index contributed by atoms with van der Waals surface area (Å²) in [5.74, 6) is 1.68. The molecule has 0 amide bonds. The molecule has 0 spiro atoms. The number of piperazine rings is 1. The maximum atomic E-state index is 4.64. The third-order valence-electron chi connectivity index (χ3n) is 4.17. The number of rotatable bonds is 5. The van der Waals surface area contributed by atoms with E-state index in [1.54, 1.807) is 0 Å². The number of hydrogen-bond donors (Lipinski definition) is 3. The van der Waals surface area contributed by atoms with Crippen molar-refractivity contribution in [2.75, 3.05) is 41.7 Å². The molecule has 1 aliphatic heterocycles. The Labute approximate surface area is 166 Å². The summed E-state index contributed by atoms with van der Waals surface area (Å²) in [6.45, 7) is 3.56. The van der Waals surface area contributed by atoms with Crippen molar-refractivity contribution in [1.82, 2.24) is 20.3 Å². The van der Waals surface area contributed by atoms with Crippen molar-refractivity contribution in [3.05, 3.63) is 59.1 Å². The van der Waals surface area contributed by atoms with Gasteiger partial charge in [0.05, 0.1) is 5.69 Å². The summed E-state index contributed by atoms with van der Waals surface area (Å²) >= 11 is 3.55. The van der Waals surface area contributed by atoms with Gasteiger partial charge in [-0.25, -0.2) is 0 Å². The first-order chi connectivity index (χ1) is 13.3. The van der Waals surface area contributed by atoms with Crippen LogP contribution in [-0.2, 0) is 0 Å². The Morgan fingerprint density at radius 3 is 2.22 bits per heavy atom. The van der Waals surface area contributed by atoms with Crippen molar-refractivity contribution in [2.24, 2.45) is 0 Å². The van der Waals surface area contributed by atoms with E-state index in [2.05, 4.69) is 51.7 Å². The van der Waals surface area contributed by atoms with Crippen LogP contribution in [0.4, 0.5) is 29.2 Å². The van der Waals surface area contributed by atoms with Crippen LogP contribution in [0.25, 0.3) is 0 Å². The van der Waals surface area contributed by atoms with Crippen LogP contribution >= 0.6 is 15.9 Å². The van der Waals surface area contributed by atoms with Gasteiger partial charge in [-0.2, -0.15) is 15.0 Å². The lowest BCUT2D eigenvalue weighted by Gasteiger charge is -2.27. The van der Waals surface area contributed by atoms with Crippen LogP contribution < -0.4 is 20.9 Å². The van der Waals surface area contributed by atoms with Crippen LogP contribution in [0.5, 0.6) is 0 Å². The first-order valence-corrected chi connectivity index (χ1v) is 9.62. The molecule has 3 aromatic rings. The Bertz CT molecular complexity index is 898. The van der Waals surface area contributed by atoms with Crippen molar-refractivity contribution in [3.8, 4) is 0 Å². The summed E-state index contributed by atoms with van der Waals surface area (Å²) in [4.78, 5) is 16.0. The molecule has 27 heavy (non-hydrogen) atoms. The zero-order valence-electron chi connectivity index (χ0n) is 14.7. The van der Waals surface area contributed by atoms with Gasteiger partial charge in [-0.3, -0.25) is 0 Å². The van der Waals surface area contributed by atoms with Crippen molar-refractivity contribution in [3.63, 3.8) is 0 Å². The molecule has 2 aromatic carbocycles. The van der Waals surface area contributed by atoms with Crippen LogP contribution in [0.2, 0.25) is 0 Å². The van der Waals surface area contributed by atoms with Gasteiger partial charge in [0.1, 0.15) is 0 Å². The van der Waals surface area contributed by atoms with Crippen LogP contribution in [0, 0.1) is 0 Å². The largest absolute Gasteiger partial charge is 0.338 e. The van der Waals surface area contributed by atoms with E-state index in [1.165, 1.54) is 0 Å². The predicted molar refractivity (Wildman–Crippen MR) is 112 cm³/mol. The third kappa shape index (κ3) is 4.53. The topological polar surface area (TPSA) is 78.0 Å². The van der Waals surface area contributed by atoms with E-state index >= 15 is 0 Å². The normalized spacial score (nSPS) is 14.0. The third-order valence-corrected chi connectivity index (χ3v) is 4.87. The molecule has 1 saturated heterocycles. The molecule has 1 aromatic heterocycles. The molecule has 0 saturated carbocycles. The minimum Gasteiger partial charge on any atom is -0.338 e. The van der Waals surface area contributed by atoms with Gasteiger partial charge >= 0.3 is 0 Å². The van der Waals surface area contributed by atoms with Crippen molar-refractivity contribution in [1.29, 1.82) is 0 Å². The monoisotopic (exact) mass is 425 g/mol. The number of para-hydroxylation sites is 2. The van der Waals surface area contributed by atoms with Gasteiger partial charge in [0, 0.05) is 36.3 Å². The van der Waals surface area contributed by atoms with Crippen LogP contribution in [0.15, 0.2) is 59.1 Å². The summed E-state index contributed by atoms with van der Waals surface area (Å²) in [6.07, 6.45) is 0. The van der Waals surface area contributed by atoms with Gasteiger partial charge in [-0.05, 0) is 40.2 Å². The van der Waals surface area contributed by atoms with Crippen molar-refractivity contribution in [2.45, 2.75) is 0 Å². The first-order valence-electron chi connectivity index (χ1n) is 8.83. The number of nitrogens with zero attached hydrogens (tertiary/aromatic N) is 4. The lowest BCUT2D eigenvalue weighted by molar-refractivity contribution is 0.579. The lowest BCUT2D eigenvalue weighted by atomic mass is 10.3. The van der Waals surface area contributed by atoms with Gasteiger partial charge < -0.3 is 20.9 Å². The van der Waals surface area contributed by atoms with Crippen molar-refractivity contribution >= 4 is 45.1 Å². The lowest BCUT2D eigenvalue weighted by Crippen LogP contribution is -2.44. The maximum absolute atomic E-state index is 4.64. The molecule has 0 unspecified atom stereocenters. The summed E-state index contributed by atoms with van der Waals surface area (Å²) < 4.78 is 0.951. The standard InChI is InChI=1S/C19H20BrN7/c20-15-8-4-5-9-16(15)23-18-24-17(22-14-6-2-1-3-7-14)25-19(26-18)27-12-10-21-11-13-27/h1-9,21H,10-13H2,(H2,22,23,24,25,26). The van der Waals surface area contributed by atoms with Gasteiger partial charge in [-0.15, -0.1) is 0 Å². The van der Waals surface area contributed by atoms with Gasteiger partial charge in [0.25, 0.3) is 0 Å². The number of hydrogen-bond acceptors (Lipinski definition) is 7. The van der Waals surface area contributed by atoms with Crippen molar-refractivity contribution < 1.29 is 0 Å². The summed E-state index contributed by atoms with van der Waals surface area (Å²) in [7, 11) is 0. The number of anilines is 5. The van der Waals surface area contributed by atoms with E-state index in [9.17, 15) is 0 Å². The highest BCUT2D eigenvalue weighted by Gasteiger charge is 2.16. The average molecular weight is 426 g/mol. The molecule has 8 heteroatoms. The zero-order valence-corrected chi connectivity index (χ0v) is 16.3. The number of nitrogens with one attached hydrogen (secondary N) is 3. The quantitative estimate of drug-likeness (QED) is 0.576. The van der Waals surface area contributed by atoms with E-state index < -0.39 is 0 Å². The van der Waals surface area contributed by atoms with E-state index in [-0.39, 0.29) is 0 Å². The molecule has 3 N–H and O–H groups in total. The highest BCUT2D eigenvalue weighted by atomic mass is 79.9. The zero-order chi connectivity index (χ0) is 18.5. The molecule has 2 heterocycles. The number of benzene rings is 2. The molecule has 1 aliphatic rings. The minimum absolute atomic E-state index is 0.504. The fourth-order valence-corrected chi connectivity index (χ4v) is 3.20. The van der Waals surface area contributed by atoms with Gasteiger partial charge in [0.2, 0.25) is 17.8 Å². The Kier molecular flexibility index (Phi) is 5.45. The van der Waals surface area contributed by atoms with E-state index in [4.69, 9.17) is 0 Å². The fraction of sp³-hybridized carbons (Fsp3) is 0.211. The predicted octanol–water partition coefficient (Wildman–Crippen LogP) is 3.53.